The van der Waals surface area contributed by atoms with Crippen LogP contribution in [-0.2, 0) is 16.0 Å². The number of aliphatic hydroxyl groups excluding tert-OH is 2. The molecule has 3 atom stereocenters. The van der Waals surface area contributed by atoms with Crippen LogP contribution in [0.15, 0.2) is 30.3 Å². The van der Waals surface area contributed by atoms with Gasteiger partial charge in [0.05, 0.1) is 25.9 Å². The molecule has 1 aliphatic rings. The standard InChI is InChI=1S/C18H28N2O4/c1-2-20(10-15-12-24-13-16(21)18(15)23)11-17(22)19-9-8-14-6-4-3-5-7-14/h3-7,15-16,18,21,23H,2,8-13H2,1H3,(H,19,22)/t15-,16-,18+/m1/s1. The zero-order valence-electron chi connectivity index (χ0n) is 14.2. The molecule has 6 heteroatoms. The smallest absolute Gasteiger partial charge is 0.234 e. The van der Waals surface area contributed by atoms with E-state index in [9.17, 15) is 15.0 Å². The van der Waals surface area contributed by atoms with Crippen molar-refractivity contribution in [3.63, 3.8) is 0 Å². The summed E-state index contributed by atoms with van der Waals surface area (Å²) in [6.45, 7) is 4.67. The lowest BCUT2D eigenvalue weighted by Crippen LogP contribution is -2.50. The normalized spacial score (nSPS) is 24.1. The molecule has 1 aromatic carbocycles. The minimum Gasteiger partial charge on any atom is -0.390 e. The SMILES string of the molecule is CCN(CC(=O)NCCc1ccccc1)C[C@@H]1COC[C@@H](O)[C@H]1O. The number of nitrogens with one attached hydrogen (secondary N) is 1. The zero-order chi connectivity index (χ0) is 17.4. The van der Waals surface area contributed by atoms with Gasteiger partial charge in [-0.15, -0.1) is 0 Å². The number of hydrogen-bond acceptors (Lipinski definition) is 5. The molecule has 1 aliphatic heterocycles. The van der Waals surface area contributed by atoms with Gasteiger partial charge in [0.15, 0.2) is 0 Å². The van der Waals surface area contributed by atoms with Gasteiger partial charge in [0.25, 0.3) is 0 Å². The Morgan fingerprint density at radius 3 is 2.75 bits per heavy atom. The Morgan fingerprint density at radius 2 is 2.04 bits per heavy atom. The van der Waals surface area contributed by atoms with Crippen molar-refractivity contribution in [1.82, 2.24) is 10.2 Å². The van der Waals surface area contributed by atoms with Crippen LogP contribution in [0.1, 0.15) is 12.5 Å². The van der Waals surface area contributed by atoms with Crippen molar-refractivity contribution in [1.29, 1.82) is 0 Å². The number of ether oxygens (including phenoxy) is 1. The van der Waals surface area contributed by atoms with Crippen LogP contribution < -0.4 is 5.32 Å². The summed E-state index contributed by atoms with van der Waals surface area (Å²) in [4.78, 5) is 14.1. The van der Waals surface area contributed by atoms with Gasteiger partial charge in [0.2, 0.25) is 5.91 Å². The lowest BCUT2D eigenvalue weighted by Gasteiger charge is -2.34. The van der Waals surface area contributed by atoms with Crippen LogP contribution in [0.3, 0.4) is 0 Å². The van der Waals surface area contributed by atoms with Crippen molar-refractivity contribution < 1.29 is 19.7 Å². The summed E-state index contributed by atoms with van der Waals surface area (Å²) in [5.74, 6) is -0.203. The molecule has 0 unspecified atom stereocenters. The molecule has 2 rings (SSSR count). The number of likely N-dealkylation sites (N-methyl/N-ethyl adjacent to an activating group) is 1. The van der Waals surface area contributed by atoms with Crippen LogP contribution in [0.25, 0.3) is 0 Å². The first-order chi connectivity index (χ1) is 11.6. The molecule has 0 aliphatic carbocycles. The van der Waals surface area contributed by atoms with Gasteiger partial charge < -0.3 is 20.3 Å². The van der Waals surface area contributed by atoms with Gasteiger partial charge in [-0.05, 0) is 18.5 Å². The molecule has 3 N–H and O–H groups in total. The third-order valence-electron chi connectivity index (χ3n) is 4.38. The third kappa shape index (κ3) is 5.87. The van der Waals surface area contributed by atoms with E-state index in [0.717, 1.165) is 6.42 Å². The van der Waals surface area contributed by atoms with Crippen LogP contribution in [-0.4, -0.2) is 72.6 Å². The minimum atomic E-state index is -0.845. The van der Waals surface area contributed by atoms with E-state index in [1.165, 1.54) is 5.56 Å². The van der Waals surface area contributed by atoms with E-state index in [-0.39, 0.29) is 25.0 Å². The second-order valence-corrected chi connectivity index (χ2v) is 6.27. The minimum absolute atomic E-state index is 0.0282. The first-order valence-corrected chi connectivity index (χ1v) is 8.57. The average molecular weight is 336 g/mol. The van der Waals surface area contributed by atoms with Gasteiger partial charge in [0.1, 0.15) is 6.10 Å². The Labute approximate surface area is 143 Å². The molecule has 0 aromatic heterocycles. The highest BCUT2D eigenvalue weighted by Gasteiger charge is 2.32. The van der Waals surface area contributed by atoms with Crippen molar-refractivity contribution in [3.8, 4) is 0 Å². The number of aliphatic hydroxyl groups is 2. The summed E-state index contributed by atoms with van der Waals surface area (Å²) in [5, 5.41) is 22.6. The second kappa shape index (κ2) is 9.74. The van der Waals surface area contributed by atoms with Gasteiger partial charge in [-0.3, -0.25) is 9.69 Å². The molecule has 0 saturated carbocycles. The van der Waals surface area contributed by atoms with E-state index in [1.807, 2.05) is 42.2 Å². The van der Waals surface area contributed by atoms with Crippen molar-refractivity contribution >= 4 is 5.91 Å². The van der Waals surface area contributed by atoms with Crippen LogP contribution >= 0.6 is 0 Å². The second-order valence-electron chi connectivity index (χ2n) is 6.27. The number of carbonyl (C=O) groups excluding carboxylic acids is 1. The molecule has 134 valence electrons. The van der Waals surface area contributed by atoms with E-state index in [1.54, 1.807) is 0 Å². The fraction of sp³-hybridized carbons (Fsp3) is 0.611. The predicted octanol–water partition coefficient (Wildman–Crippen LogP) is 0.0354. The van der Waals surface area contributed by atoms with E-state index >= 15 is 0 Å². The van der Waals surface area contributed by atoms with Crippen LogP contribution in [0.5, 0.6) is 0 Å². The van der Waals surface area contributed by atoms with Gasteiger partial charge in [-0.2, -0.15) is 0 Å². The van der Waals surface area contributed by atoms with E-state index in [2.05, 4.69) is 5.32 Å². The number of benzene rings is 1. The highest BCUT2D eigenvalue weighted by Crippen LogP contribution is 2.16. The highest BCUT2D eigenvalue weighted by atomic mass is 16.5. The summed E-state index contributed by atoms with van der Waals surface area (Å²) >= 11 is 0. The number of carbonyl (C=O) groups is 1. The summed E-state index contributed by atoms with van der Waals surface area (Å²) in [5.41, 5.74) is 1.20. The molecule has 1 aromatic rings. The Kier molecular flexibility index (Phi) is 7.65. The monoisotopic (exact) mass is 336 g/mol. The summed E-state index contributed by atoms with van der Waals surface area (Å²) in [6.07, 6.45) is -0.837. The summed E-state index contributed by atoms with van der Waals surface area (Å²) in [6, 6.07) is 10.0. The molecule has 6 nitrogen and oxygen atoms in total. The quantitative estimate of drug-likeness (QED) is 0.624. The largest absolute Gasteiger partial charge is 0.390 e. The van der Waals surface area contributed by atoms with Gasteiger partial charge in [-0.1, -0.05) is 37.3 Å². The molecule has 0 spiro atoms. The maximum absolute atomic E-state index is 12.1. The summed E-state index contributed by atoms with van der Waals surface area (Å²) < 4.78 is 5.29. The number of amides is 1. The van der Waals surface area contributed by atoms with E-state index < -0.39 is 12.2 Å². The van der Waals surface area contributed by atoms with Crippen molar-refractivity contribution in [2.75, 3.05) is 39.4 Å². The van der Waals surface area contributed by atoms with Gasteiger partial charge in [-0.25, -0.2) is 0 Å². The van der Waals surface area contributed by atoms with Crippen LogP contribution in [0.4, 0.5) is 0 Å². The molecule has 1 heterocycles. The maximum Gasteiger partial charge on any atom is 0.234 e. The molecular weight excluding hydrogens is 308 g/mol. The number of nitrogens with zero attached hydrogens (tertiary/aromatic N) is 1. The molecule has 1 amide bonds. The number of hydrogen-bond donors (Lipinski definition) is 3. The van der Waals surface area contributed by atoms with Crippen molar-refractivity contribution in [3.05, 3.63) is 35.9 Å². The van der Waals surface area contributed by atoms with E-state index in [4.69, 9.17) is 4.74 Å². The average Bonchev–Trinajstić information content (AvgIpc) is 2.59. The lowest BCUT2D eigenvalue weighted by atomic mass is 9.96. The van der Waals surface area contributed by atoms with Gasteiger partial charge >= 0.3 is 0 Å². The topological polar surface area (TPSA) is 82.0 Å². The zero-order valence-corrected chi connectivity index (χ0v) is 14.2. The Bertz CT molecular complexity index is 497. The van der Waals surface area contributed by atoms with Crippen LogP contribution in [0.2, 0.25) is 0 Å². The molecule has 1 fully saturated rings. The fourth-order valence-corrected chi connectivity index (χ4v) is 2.90. The maximum atomic E-state index is 12.1. The van der Waals surface area contributed by atoms with Crippen molar-refractivity contribution in [2.24, 2.45) is 5.92 Å². The molecular formula is C18H28N2O4. The lowest BCUT2D eigenvalue weighted by molar-refractivity contribution is -0.130. The third-order valence-corrected chi connectivity index (χ3v) is 4.38. The Morgan fingerprint density at radius 1 is 1.29 bits per heavy atom. The number of rotatable bonds is 8. The van der Waals surface area contributed by atoms with Gasteiger partial charge in [0, 0.05) is 19.0 Å². The molecule has 1 saturated heterocycles. The first-order valence-electron chi connectivity index (χ1n) is 8.57. The summed E-state index contributed by atoms with van der Waals surface area (Å²) in [7, 11) is 0. The molecule has 0 bridgehead atoms. The fourth-order valence-electron chi connectivity index (χ4n) is 2.90. The predicted molar refractivity (Wildman–Crippen MR) is 91.6 cm³/mol. The van der Waals surface area contributed by atoms with Crippen molar-refractivity contribution in [2.45, 2.75) is 25.6 Å². The Balaban J connectivity index is 1.72. The Hall–Kier alpha value is -1.47. The van der Waals surface area contributed by atoms with E-state index in [0.29, 0.717) is 26.2 Å². The molecule has 24 heavy (non-hydrogen) atoms. The first kappa shape index (κ1) is 18.9. The molecule has 0 radical (unpaired) electrons. The van der Waals surface area contributed by atoms with Crippen LogP contribution in [0, 0.1) is 5.92 Å². The highest BCUT2D eigenvalue weighted by molar-refractivity contribution is 5.78.